The molecule has 1 amide bonds. The Morgan fingerprint density at radius 1 is 1.05 bits per heavy atom. The van der Waals surface area contributed by atoms with Crippen molar-refractivity contribution in [2.24, 2.45) is 0 Å². The molecule has 2 rings (SSSR count). The highest BCUT2D eigenvalue weighted by Crippen LogP contribution is 2.25. The topological polar surface area (TPSA) is 75.6 Å². The number of rotatable bonds is 3. The Kier molecular flexibility index (Phi) is 4.36. The zero-order valence-corrected chi connectivity index (χ0v) is 11.4. The van der Waals surface area contributed by atoms with E-state index in [1.807, 2.05) is 0 Å². The van der Waals surface area contributed by atoms with Gasteiger partial charge in [-0.25, -0.2) is 13.6 Å². The van der Waals surface area contributed by atoms with Crippen LogP contribution in [0.4, 0.5) is 14.5 Å². The maximum atomic E-state index is 13.1. The van der Waals surface area contributed by atoms with Gasteiger partial charge in [0, 0.05) is 5.56 Å². The van der Waals surface area contributed by atoms with Gasteiger partial charge in [-0.15, -0.1) is 0 Å². The van der Waals surface area contributed by atoms with Crippen LogP contribution in [0.2, 0.25) is 0 Å². The van der Waals surface area contributed by atoms with Crippen LogP contribution in [0.1, 0.15) is 20.7 Å². The van der Waals surface area contributed by atoms with Crippen molar-refractivity contribution in [2.75, 3.05) is 12.4 Å². The van der Waals surface area contributed by atoms with E-state index >= 15 is 0 Å². The van der Waals surface area contributed by atoms with Crippen LogP contribution in [0.3, 0.4) is 0 Å². The third-order valence-electron chi connectivity index (χ3n) is 2.85. The number of phenolic OH excluding ortho intramolecular Hbond substituents is 1. The number of amides is 1. The first kappa shape index (κ1) is 15.4. The average Bonchev–Trinajstić information content (AvgIpc) is 2.51. The average molecular weight is 307 g/mol. The molecule has 0 aromatic heterocycles. The molecule has 0 bridgehead atoms. The Morgan fingerprint density at radius 2 is 1.73 bits per heavy atom. The maximum absolute atomic E-state index is 13.1. The van der Waals surface area contributed by atoms with Crippen molar-refractivity contribution in [2.45, 2.75) is 0 Å². The minimum absolute atomic E-state index is 0.0161. The molecule has 0 fully saturated rings. The van der Waals surface area contributed by atoms with Crippen LogP contribution in [0.5, 0.6) is 5.75 Å². The molecule has 114 valence electrons. The van der Waals surface area contributed by atoms with Crippen molar-refractivity contribution in [1.82, 2.24) is 0 Å². The Hall–Kier alpha value is -2.96. The van der Waals surface area contributed by atoms with Crippen LogP contribution in [-0.2, 0) is 4.74 Å². The van der Waals surface area contributed by atoms with Crippen LogP contribution >= 0.6 is 0 Å². The number of halogens is 2. The largest absolute Gasteiger partial charge is 0.506 e. The van der Waals surface area contributed by atoms with E-state index in [1.54, 1.807) is 0 Å². The first-order valence-electron chi connectivity index (χ1n) is 6.10. The van der Waals surface area contributed by atoms with Crippen molar-refractivity contribution < 1.29 is 28.2 Å². The summed E-state index contributed by atoms with van der Waals surface area (Å²) in [5.41, 5.74) is 0.00329. The minimum Gasteiger partial charge on any atom is -0.506 e. The number of hydrogen-bond acceptors (Lipinski definition) is 4. The number of aromatic hydroxyl groups is 1. The van der Waals surface area contributed by atoms with Gasteiger partial charge in [0.1, 0.15) is 5.75 Å². The highest BCUT2D eigenvalue weighted by Gasteiger charge is 2.14. The van der Waals surface area contributed by atoms with Crippen LogP contribution in [0.25, 0.3) is 0 Å². The monoisotopic (exact) mass is 307 g/mol. The number of hydrogen-bond donors (Lipinski definition) is 2. The summed E-state index contributed by atoms with van der Waals surface area (Å²) in [5, 5.41) is 12.1. The van der Waals surface area contributed by atoms with Gasteiger partial charge in [0.25, 0.3) is 5.91 Å². The normalized spacial score (nSPS) is 10.1. The van der Waals surface area contributed by atoms with Gasteiger partial charge in [0.15, 0.2) is 11.6 Å². The van der Waals surface area contributed by atoms with Crippen LogP contribution in [-0.4, -0.2) is 24.1 Å². The zero-order chi connectivity index (χ0) is 16.3. The van der Waals surface area contributed by atoms with Gasteiger partial charge in [-0.3, -0.25) is 4.79 Å². The minimum atomic E-state index is -1.15. The molecule has 0 aliphatic carbocycles. The summed E-state index contributed by atoms with van der Waals surface area (Å²) in [7, 11) is 1.19. The quantitative estimate of drug-likeness (QED) is 0.675. The standard InChI is InChI=1S/C15H11F2NO4/c1-22-15(21)9-3-5-12(13(19)7-9)18-14(20)8-2-4-10(16)11(17)6-8/h2-7,19H,1H3,(H,18,20). The second kappa shape index (κ2) is 6.21. The van der Waals surface area contributed by atoms with Gasteiger partial charge in [-0.1, -0.05) is 0 Å². The lowest BCUT2D eigenvalue weighted by Crippen LogP contribution is -2.13. The summed E-state index contributed by atoms with van der Waals surface area (Å²) in [5.74, 6) is -3.97. The van der Waals surface area contributed by atoms with Crippen molar-refractivity contribution in [3.63, 3.8) is 0 Å². The summed E-state index contributed by atoms with van der Waals surface area (Å²) in [6.45, 7) is 0. The fourth-order valence-electron chi connectivity index (χ4n) is 1.71. The number of ether oxygens (including phenoxy) is 1. The number of phenols is 1. The Morgan fingerprint density at radius 3 is 2.32 bits per heavy atom. The number of carbonyl (C=O) groups is 2. The van der Waals surface area contributed by atoms with E-state index in [0.29, 0.717) is 0 Å². The van der Waals surface area contributed by atoms with Crippen molar-refractivity contribution >= 4 is 17.6 Å². The SMILES string of the molecule is COC(=O)c1ccc(NC(=O)c2ccc(F)c(F)c2)c(O)c1. The summed E-state index contributed by atoms with van der Waals surface area (Å²) >= 11 is 0. The van der Waals surface area contributed by atoms with Gasteiger partial charge < -0.3 is 15.2 Å². The number of carbonyl (C=O) groups excluding carboxylic acids is 2. The van der Waals surface area contributed by atoms with Gasteiger partial charge >= 0.3 is 5.97 Å². The molecule has 0 saturated heterocycles. The summed E-state index contributed by atoms with van der Waals surface area (Å²) in [6.07, 6.45) is 0. The van der Waals surface area contributed by atoms with Gasteiger partial charge in [0.05, 0.1) is 18.4 Å². The fourth-order valence-corrected chi connectivity index (χ4v) is 1.71. The van der Waals surface area contributed by atoms with Gasteiger partial charge in [-0.2, -0.15) is 0 Å². The van der Waals surface area contributed by atoms with Gasteiger partial charge in [-0.05, 0) is 36.4 Å². The van der Waals surface area contributed by atoms with E-state index < -0.39 is 23.5 Å². The predicted octanol–water partition coefficient (Wildman–Crippen LogP) is 2.71. The van der Waals surface area contributed by atoms with E-state index in [-0.39, 0.29) is 22.6 Å². The molecule has 0 radical (unpaired) electrons. The number of methoxy groups -OCH3 is 1. The molecule has 2 N–H and O–H groups in total. The lowest BCUT2D eigenvalue weighted by molar-refractivity contribution is 0.0600. The number of anilines is 1. The maximum Gasteiger partial charge on any atom is 0.337 e. The number of benzene rings is 2. The van der Waals surface area contributed by atoms with Crippen LogP contribution in [0, 0.1) is 11.6 Å². The molecule has 0 spiro atoms. The summed E-state index contributed by atoms with van der Waals surface area (Å²) < 4.78 is 30.4. The molecule has 0 heterocycles. The first-order chi connectivity index (χ1) is 10.4. The molecular weight excluding hydrogens is 296 g/mol. The second-order valence-electron chi connectivity index (χ2n) is 4.31. The van der Waals surface area contributed by atoms with Gasteiger partial charge in [0.2, 0.25) is 0 Å². The first-order valence-corrected chi connectivity index (χ1v) is 6.10. The zero-order valence-electron chi connectivity index (χ0n) is 11.4. The smallest absolute Gasteiger partial charge is 0.337 e. The fraction of sp³-hybridized carbons (Fsp3) is 0.0667. The molecule has 0 aliphatic rings. The lowest BCUT2D eigenvalue weighted by Gasteiger charge is -2.09. The van der Waals surface area contributed by atoms with E-state index in [2.05, 4.69) is 10.1 Å². The summed E-state index contributed by atoms with van der Waals surface area (Å²) in [4.78, 5) is 23.2. The molecule has 7 heteroatoms. The molecular formula is C15H11F2NO4. The van der Waals surface area contributed by atoms with E-state index in [4.69, 9.17) is 0 Å². The molecule has 0 saturated carbocycles. The Labute approximate surface area is 124 Å². The van der Waals surface area contributed by atoms with E-state index in [1.165, 1.54) is 19.2 Å². The third kappa shape index (κ3) is 3.20. The molecule has 0 atom stereocenters. The summed E-state index contributed by atoms with van der Waals surface area (Å²) in [6, 6.07) is 6.42. The van der Waals surface area contributed by atoms with Crippen molar-refractivity contribution in [1.29, 1.82) is 0 Å². The van der Waals surface area contributed by atoms with Crippen LogP contribution < -0.4 is 5.32 Å². The third-order valence-corrected chi connectivity index (χ3v) is 2.85. The molecule has 2 aromatic rings. The second-order valence-corrected chi connectivity index (χ2v) is 4.31. The Balaban J connectivity index is 2.21. The highest BCUT2D eigenvalue weighted by atomic mass is 19.2. The predicted molar refractivity (Wildman–Crippen MR) is 73.8 cm³/mol. The molecule has 22 heavy (non-hydrogen) atoms. The van der Waals surface area contributed by atoms with Crippen molar-refractivity contribution in [3.05, 3.63) is 59.2 Å². The molecule has 5 nitrogen and oxygen atoms in total. The number of esters is 1. The van der Waals surface area contributed by atoms with E-state index in [9.17, 15) is 23.5 Å². The highest BCUT2D eigenvalue weighted by molar-refractivity contribution is 6.05. The Bertz CT molecular complexity index is 746. The van der Waals surface area contributed by atoms with Crippen LogP contribution in [0.15, 0.2) is 36.4 Å². The van der Waals surface area contributed by atoms with E-state index in [0.717, 1.165) is 24.3 Å². The molecule has 0 aliphatic heterocycles. The molecule has 2 aromatic carbocycles. The molecule has 0 unspecified atom stereocenters. The number of nitrogens with one attached hydrogen (secondary N) is 1. The van der Waals surface area contributed by atoms with Crippen molar-refractivity contribution in [3.8, 4) is 5.75 Å². The lowest BCUT2D eigenvalue weighted by atomic mass is 10.1.